The van der Waals surface area contributed by atoms with E-state index in [4.69, 9.17) is 9.84 Å². The van der Waals surface area contributed by atoms with Crippen LogP contribution in [0, 0.1) is 0 Å². The number of nitrogens with zero attached hydrogens (tertiary/aromatic N) is 2. The number of carbonyl (C=O) groups is 1. The molecule has 3 rings (SSSR count). The Morgan fingerprint density at radius 3 is 2.85 bits per heavy atom. The Hall–Kier alpha value is -2.44. The normalized spacial score (nSPS) is 19.0. The van der Waals surface area contributed by atoms with Gasteiger partial charge in [0, 0.05) is 19.6 Å². The zero-order valence-corrected chi connectivity index (χ0v) is 15.0. The van der Waals surface area contributed by atoms with E-state index < -0.39 is 5.97 Å². The first-order valence-corrected chi connectivity index (χ1v) is 9.00. The van der Waals surface area contributed by atoms with Crippen molar-refractivity contribution in [1.29, 1.82) is 0 Å². The van der Waals surface area contributed by atoms with E-state index >= 15 is 0 Å². The van der Waals surface area contributed by atoms with Crippen LogP contribution in [0.25, 0.3) is 0 Å². The summed E-state index contributed by atoms with van der Waals surface area (Å²) >= 11 is 0. The number of carboxylic acids is 1. The van der Waals surface area contributed by atoms with E-state index in [0.29, 0.717) is 12.4 Å². The van der Waals surface area contributed by atoms with Gasteiger partial charge in [0.2, 0.25) is 0 Å². The molecule has 6 heteroatoms. The molecule has 1 saturated heterocycles. The predicted molar refractivity (Wildman–Crippen MR) is 100 cm³/mol. The minimum atomic E-state index is -1.02. The second kappa shape index (κ2) is 8.78. The van der Waals surface area contributed by atoms with Crippen LogP contribution in [0.1, 0.15) is 29.4 Å². The van der Waals surface area contributed by atoms with Crippen LogP contribution in [-0.2, 0) is 11.3 Å². The van der Waals surface area contributed by atoms with Crippen LogP contribution in [-0.4, -0.2) is 52.8 Å². The van der Waals surface area contributed by atoms with E-state index in [1.807, 2.05) is 6.07 Å². The molecule has 0 radical (unpaired) electrons. The fraction of sp³-hybridized carbons (Fsp3) is 0.400. The second-order valence-corrected chi connectivity index (χ2v) is 6.50. The number of aromatic nitrogens is 1. The molecule has 1 aromatic heterocycles. The molecular weight excluding hydrogens is 330 g/mol. The number of rotatable bonds is 7. The Balaban J connectivity index is 1.63. The number of carboxylic acid groups (broad SMARTS) is 1. The average Bonchev–Trinajstić information content (AvgIpc) is 2.67. The lowest BCUT2D eigenvalue weighted by Gasteiger charge is -2.37. The van der Waals surface area contributed by atoms with Crippen molar-refractivity contribution < 1.29 is 14.6 Å². The summed E-state index contributed by atoms with van der Waals surface area (Å²) in [4.78, 5) is 17.7. The van der Waals surface area contributed by atoms with Gasteiger partial charge in [-0.2, -0.15) is 0 Å². The van der Waals surface area contributed by atoms with Gasteiger partial charge in [-0.15, -0.1) is 0 Å². The first kappa shape index (κ1) is 18.4. The number of anilines is 1. The summed E-state index contributed by atoms with van der Waals surface area (Å²) in [5.41, 5.74) is 1.34. The largest absolute Gasteiger partial charge is 0.477 e. The minimum Gasteiger partial charge on any atom is -0.477 e. The molecule has 2 atom stereocenters. The van der Waals surface area contributed by atoms with Gasteiger partial charge in [-0.1, -0.05) is 43.3 Å². The smallest absolute Gasteiger partial charge is 0.354 e. The van der Waals surface area contributed by atoms with Crippen LogP contribution in [0.5, 0.6) is 0 Å². The SMILES string of the molecule is CCC(Nc1cccc(C(=O)O)n1)C1CN(Cc2ccccc2)CCO1. The molecule has 2 aromatic rings. The number of benzene rings is 1. The van der Waals surface area contributed by atoms with Gasteiger partial charge in [0.25, 0.3) is 0 Å². The first-order valence-electron chi connectivity index (χ1n) is 9.00. The molecule has 0 amide bonds. The van der Waals surface area contributed by atoms with Gasteiger partial charge in [-0.05, 0) is 24.1 Å². The Labute approximate surface area is 153 Å². The van der Waals surface area contributed by atoms with E-state index in [9.17, 15) is 4.79 Å². The Morgan fingerprint density at radius 2 is 2.12 bits per heavy atom. The van der Waals surface area contributed by atoms with Crippen LogP contribution >= 0.6 is 0 Å². The van der Waals surface area contributed by atoms with Gasteiger partial charge in [0.1, 0.15) is 5.82 Å². The average molecular weight is 355 g/mol. The highest BCUT2D eigenvalue weighted by Crippen LogP contribution is 2.18. The lowest BCUT2D eigenvalue weighted by molar-refractivity contribution is -0.0403. The summed E-state index contributed by atoms with van der Waals surface area (Å²) in [5.74, 6) is -0.454. The number of morpholine rings is 1. The highest BCUT2D eigenvalue weighted by molar-refractivity contribution is 5.85. The third kappa shape index (κ3) is 4.80. The molecule has 0 bridgehead atoms. The predicted octanol–water partition coefficient (Wildman–Crippen LogP) is 2.87. The Kier molecular flexibility index (Phi) is 6.20. The van der Waals surface area contributed by atoms with Crippen molar-refractivity contribution in [2.24, 2.45) is 0 Å². The maximum absolute atomic E-state index is 11.1. The second-order valence-electron chi connectivity index (χ2n) is 6.50. The number of nitrogens with one attached hydrogen (secondary N) is 1. The maximum Gasteiger partial charge on any atom is 0.354 e. The molecule has 6 nitrogen and oxygen atoms in total. The molecule has 2 N–H and O–H groups in total. The third-order valence-corrected chi connectivity index (χ3v) is 4.62. The summed E-state index contributed by atoms with van der Waals surface area (Å²) in [5, 5.41) is 12.5. The van der Waals surface area contributed by atoms with Gasteiger partial charge in [0.05, 0.1) is 18.8 Å². The quantitative estimate of drug-likeness (QED) is 0.795. The highest BCUT2D eigenvalue weighted by atomic mass is 16.5. The number of ether oxygens (including phenoxy) is 1. The number of aromatic carboxylic acids is 1. The van der Waals surface area contributed by atoms with Gasteiger partial charge in [-0.3, -0.25) is 4.90 Å². The molecule has 2 heterocycles. The summed E-state index contributed by atoms with van der Waals surface area (Å²) in [7, 11) is 0. The molecule has 1 aliphatic rings. The number of pyridine rings is 1. The summed E-state index contributed by atoms with van der Waals surface area (Å²) in [6, 6.07) is 15.5. The summed E-state index contributed by atoms with van der Waals surface area (Å²) in [6.07, 6.45) is 0.899. The first-order chi connectivity index (χ1) is 12.7. The van der Waals surface area contributed by atoms with Gasteiger partial charge in [0.15, 0.2) is 5.69 Å². The van der Waals surface area contributed by atoms with E-state index in [0.717, 1.165) is 26.1 Å². The van der Waals surface area contributed by atoms with E-state index in [1.165, 1.54) is 11.6 Å². The molecular formula is C20H25N3O3. The monoisotopic (exact) mass is 355 g/mol. The van der Waals surface area contributed by atoms with Gasteiger partial charge in [-0.25, -0.2) is 9.78 Å². The molecule has 1 aliphatic heterocycles. The van der Waals surface area contributed by atoms with Crippen molar-refractivity contribution in [1.82, 2.24) is 9.88 Å². The third-order valence-electron chi connectivity index (χ3n) is 4.62. The fourth-order valence-electron chi connectivity index (χ4n) is 3.24. The molecule has 0 saturated carbocycles. The molecule has 1 fully saturated rings. The fourth-order valence-corrected chi connectivity index (χ4v) is 3.24. The molecule has 26 heavy (non-hydrogen) atoms. The standard InChI is InChI=1S/C20H25N3O3/c1-2-16(21-19-10-6-9-17(22-19)20(24)25)18-14-23(11-12-26-18)13-15-7-4-3-5-8-15/h3-10,16,18H,2,11-14H2,1H3,(H,21,22)(H,24,25). The Bertz CT molecular complexity index is 723. The zero-order chi connectivity index (χ0) is 18.4. The van der Waals surface area contributed by atoms with Crippen molar-refractivity contribution in [2.45, 2.75) is 32.0 Å². The van der Waals surface area contributed by atoms with Crippen molar-refractivity contribution in [3.05, 3.63) is 59.8 Å². The highest BCUT2D eigenvalue weighted by Gasteiger charge is 2.27. The van der Waals surface area contributed by atoms with E-state index in [-0.39, 0.29) is 17.8 Å². The summed E-state index contributed by atoms with van der Waals surface area (Å²) < 4.78 is 6.00. The van der Waals surface area contributed by atoms with Gasteiger partial charge < -0.3 is 15.2 Å². The topological polar surface area (TPSA) is 74.7 Å². The van der Waals surface area contributed by atoms with Crippen LogP contribution in [0.4, 0.5) is 5.82 Å². The maximum atomic E-state index is 11.1. The molecule has 2 unspecified atom stereocenters. The number of hydrogen-bond acceptors (Lipinski definition) is 5. The van der Waals surface area contributed by atoms with Crippen molar-refractivity contribution in [2.75, 3.05) is 25.0 Å². The molecule has 1 aromatic carbocycles. The molecule has 138 valence electrons. The van der Waals surface area contributed by atoms with E-state index in [2.05, 4.69) is 46.4 Å². The van der Waals surface area contributed by atoms with Crippen molar-refractivity contribution in [3.63, 3.8) is 0 Å². The lowest BCUT2D eigenvalue weighted by atomic mass is 10.1. The van der Waals surface area contributed by atoms with Crippen LogP contribution in [0.3, 0.4) is 0 Å². The minimum absolute atomic E-state index is 0.0350. The van der Waals surface area contributed by atoms with Crippen LogP contribution in [0.2, 0.25) is 0 Å². The van der Waals surface area contributed by atoms with Gasteiger partial charge >= 0.3 is 5.97 Å². The van der Waals surface area contributed by atoms with Crippen molar-refractivity contribution in [3.8, 4) is 0 Å². The zero-order valence-electron chi connectivity index (χ0n) is 15.0. The van der Waals surface area contributed by atoms with Crippen LogP contribution < -0.4 is 5.32 Å². The molecule has 0 spiro atoms. The van der Waals surface area contributed by atoms with E-state index in [1.54, 1.807) is 12.1 Å². The summed E-state index contributed by atoms with van der Waals surface area (Å²) in [6.45, 7) is 5.44. The van der Waals surface area contributed by atoms with Crippen LogP contribution in [0.15, 0.2) is 48.5 Å². The Morgan fingerprint density at radius 1 is 1.31 bits per heavy atom. The number of hydrogen-bond donors (Lipinski definition) is 2. The van der Waals surface area contributed by atoms with Crippen molar-refractivity contribution >= 4 is 11.8 Å². The lowest BCUT2D eigenvalue weighted by Crippen LogP contribution is -2.49. The molecule has 0 aliphatic carbocycles.